The molecule has 0 aliphatic heterocycles. The van der Waals surface area contributed by atoms with Crippen LogP contribution in [0.5, 0.6) is 0 Å². The molecule has 1 unspecified atom stereocenters. The van der Waals surface area contributed by atoms with E-state index in [1.165, 1.54) is 30.5 Å². The van der Waals surface area contributed by atoms with Crippen molar-refractivity contribution in [2.24, 2.45) is 5.92 Å². The highest BCUT2D eigenvalue weighted by atomic mass is 19.4. The third kappa shape index (κ3) is 8.31. The molecule has 3 nitrogen and oxygen atoms in total. The molecule has 0 amide bonds. The minimum absolute atomic E-state index is 0.0131. The summed E-state index contributed by atoms with van der Waals surface area (Å²) in [4.78, 5) is 13.6. The Hall–Kier alpha value is -2.88. The van der Waals surface area contributed by atoms with Gasteiger partial charge in [-0.3, -0.25) is 4.79 Å². The molecule has 0 saturated heterocycles. The maximum atomic E-state index is 13.1. The van der Waals surface area contributed by atoms with Crippen LogP contribution in [0.3, 0.4) is 0 Å². The lowest BCUT2D eigenvalue weighted by molar-refractivity contribution is -0.143. The second-order valence-corrected chi connectivity index (χ2v) is 9.84. The highest BCUT2D eigenvalue weighted by Gasteiger charge is 2.36. The van der Waals surface area contributed by atoms with E-state index < -0.39 is 35.6 Å². The SMILES string of the molecule is CN(C[C@H]1CCCC(c2ccc(F)cc2)C1)C1=CC(=O)CC1.OCc1cc(C(F)(F)F)cc(C(F)(F)F)c1. The van der Waals surface area contributed by atoms with Gasteiger partial charge in [-0.1, -0.05) is 18.6 Å². The fourth-order valence-corrected chi connectivity index (χ4v) is 4.99. The van der Waals surface area contributed by atoms with E-state index >= 15 is 0 Å². The number of halogens is 7. The molecule has 10 heteroatoms. The number of ketones is 1. The van der Waals surface area contributed by atoms with Gasteiger partial charge < -0.3 is 10.0 Å². The van der Waals surface area contributed by atoms with Crippen LogP contribution in [0.15, 0.2) is 54.2 Å². The predicted molar refractivity (Wildman–Crippen MR) is 128 cm³/mol. The summed E-state index contributed by atoms with van der Waals surface area (Å²) in [5.74, 6) is 1.31. The highest BCUT2D eigenvalue weighted by molar-refractivity contribution is 5.92. The van der Waals surface area contributed by atoms with Gasteiger partial charge in [0.1, 0.15) is 5.82 Å². The van der Waals surface area contributed by atoms with Crippen molar-refractivity contribution in [3.8, 4) is 0 Å². The van der Waals surface area contributed by atoms with Crippen LogP contribution >= 0.6 is 0 Å². The van der Waals surface area contributed by atoms with Crippen LogP contribution in [0.1, 0.15) is 66.7 Å². The molecule has 1 N–H and O–H groups in total. The van der Waals surface area contributed by atoms with Gasteiger partial charge in [0.2, 0.25) is 0 Å². The number of hydrogen-bond acceptors (Lipinski definition) is 3. The average Bonchev–Trinajstić information content (AvgIpc) is 3.30. The summed E-state index contributed by atoms with van der Waals surface area (Å²) in [6, 6.07) is 7.98. The van der Waals surface area contributed by atoms with Gasteiger partial charge >= 0.3 is 12.4 Å². The van der Waals surface area contributed by atoms with Crippen LogP contribution in [0.25, 0.3) is 0 Å². The Morgan fingerprint density at radius 3 is 2.03 bits per heavy atom. The van der Waals surface area contributed by atoms with Gasteiger partial charge in [0, 0.05) is 31.8 Å². The van der Waals surface area contributed by atoms with Crippen molar-refractivity contribution in [2.75, 3.05) is 13.6 Å². The van der Waals surface area contributed by atoms with Crippen molar-refractivity contribution in [1.82, 2.24) is 4.90 Å². The average molecular weight is 546 g/mol. The Morgan fingerprint density at radius 1 is 0.921 bits per heavy atom. The molecule has 0 heterocycles. The van der Waals surface area contributed by atoms with Gasteiger partial charge in [0.05, 0.1) is 17.7 Å². The fraction of sp³-hybridized carbons (Fsp3) is 0.464. The van der Waals surface area contributed by atoms with E-state index in [1.54, 1.807) is 18.2 Å². The van der Waals surface area contributed by atoms with E-state index in [-0.39, 0.29) is 17.7 Å². The number of rotatable bonds is 5. The lowest BCUT2D eigenvalue weighted by Gasteiger charge is -2.33. The van der Waals surface area contributed by atoms with Crippen molar-refractivity contribution < 1.29 is 40.6 Å². The van der Waals surface area contributed by atoms with E-state index in [2.05, 4.69) is 11.9 Å². The van der Waals surface area contributed by atoms with E-state index in [0.29, 0.717) is 30.4 Å². The number of nitrogens with zero attached hydrogens (tertiary/aromatic N) is 1. The third-order valence-electron chi connectivity index (χ3n) is 6.93. The summed E-state index contributed by atoms with van der Waals surface area (Å²) in [7, 11) is 2.10. The summed E-state index contributed by atoms with van der Waals surface area (Å²) < 4.78 is 86.4. The van der Waals surface area contributed by atoms with E-state index in [4.69, 9.17) is 5.11 Å². The summed E-state index contributed by atoms with van der Waals surface area (Å²) in [5.41, 5.74) is -0.821. The van der Waals surface area contributed by atoms with Gasteiger partial charge in [0.25, 0.3) is 0 Å². The number of carbonyl (C=O) groups is 1. The van der Waals surface area contributed by atoms with E-state index in [9.17, 15) is 35.5 Å². The molecule has 2 atom stereocenters. The highest BCUT2D eigenvalue weighted by Crippen LogP contribution is 2.38. The first-order chi connectivity index (χ1) is 17.8. The Bertz CT molecular complexity index is 1090. The van der Waals surface area contributed by atoms with Crippen molar-refractivity contribution in [2.45, 2.75) is 63.4 Å². The topological polar surface area (TPSA) is 40.5 Å². The second-order valence-electron chi connectivity index (χ2n) is 9.84. The molecule has 0 radical (unpaired) electrons. The first-order valence-corrected chi connectivity index (χ1v) is 12.4. The van der Waals surface area contributed by atoms with Gasteiger partial charge in [-0.25, -0.2) is 4.39 Å². The fourth-order valence-electron chi connectivity index (χ4n) is 4.99. The molecular weight excluding hydrogens is 515 g/mol. The summed E-state index contributed by atoms with van der Waals surface area (Å²) in [6.45, 7) is 0.143. The molecule has 38 heavy (non-hydrogen) atoms. The van der Waals surface area contributed by atoms with Gasteiger partial charge in [-0.05, 0) is 79.0 Å². The summed E-state index contributed by atoms with van der Waals surface area (Å²) in [5, 5.41) is 8.58. The van der Waals surface area contributed by atoms with Crippen molar-refractivity contribution >= 4 is 5.78 Å². The molecule has 0 aromatic heterocycles. The van der Waals surface area contributed by atoms with Crippen molar-refractivity contribution in [3.05, 3.63) is 82.3 Å². The van der Waals surface area contributed by atoms with E-state index in [1.807, 2.05) is 12.1 Å². The molecule has 1 fully saturated rings. The Balaban J connectivity index is 0.000000223. The number of alkyl halides is 6. The van der Waals surface area contributed by atoms with Crippen LogP contribution < -0.4 is 0 Å². The predicted octanol–water partition coefficient (Wildman–Crippen LogP) is 7.49. The molecule has 1 saturated carbocycles. The van der Waals surface area contributed by atoms with Gasteiger partial charge in [-0.2, -0.15) is 26.3 Å². The molecule has 0 spiro atoms. The standard InChI is InChI=1S/C19H24FNO.C9H6F6O/c1-21(18-9-10-19(22)12-18)13-14-3-2-4-16(11-14)15-5-7-17(20)8-6-15;10-8(11,12)6-1-5(4-16)2-7(3-6)9(13,14)15/h5-8,12,14,16H,2-4,9-11,13H2,1H3;1-3,16H,4H2/t14-,16?;/m0./s1. The van der Waals surface area contributed by atoms with Crippen molar-refractivity contribution in [3.63, 3.8) is 0 Å². The number of carbonyl (C=O) groups excluding carboxylic acids is 1. The monoisotopic (exact) mass is 545 g/mol. The number of aliphatic hydroxyl groups excluding tert-OH is 1. The number of allylic oxidation sites excluding steroid dienone is 2. The molecular formula is C28H30F7NO2. The Morgan fingerprint density at radius 2 is 1.53 bits per heavy atom. The molecule has 0 bridgehead atoms. The van der Waals surface area contributed by atoms with Gasteiger partial charge in [0.15, 0.2) is 5.78 Å². The van der Waals surface area contributed by atoms with Crippen LogP contribution in [0, 0.1) is 11.7 Å². The zero-order chi connectivity index (χ0) is 28.1. The summed E-state index contributed by atoms with van der Waals surface area (Å²) >= 11 is 0. The molecule has 208 valence electrons. The Labute approximate surface area is 217 Å². The second kappa shape index (κ2) is 12.3. The van der Waals surface area contributed by atoms with Crippen LogP contribution in [-0.2, 0) is 23.8 Å². The molecule has 2 aliphatic rings. The van der Waals surface area contributed by atoms with Crippen LogP contribution in [-0.4, -0.2) is 29.4 Å². The maximum Gasteiger partial charge on any atom is 0.416 e. The zero-order valence-electron chi connectivity index (χ0n) is 20.9. The normalized spacial score (nSPS) is 20.0. The van der Waals surface area contributed by atoms with Gasteiger partial charge in [-0.15, -0.1) is 0 Å². The molecule has 2 aliphatic carbocycles. The van der Waals surface area contributed by atoms with E-state index in [0.717, 1.165) is 19.4 Å². The summed E-state index contributed by atoms with van der Waals surface area (Å²) in [6.07, 6.45) is -1.52. The number of hydrogen-bond donors (Lipinski definition) is 1. The Kier molecular flexibility index (Phi) is 9.62. The third-order valence-corrected chi connectivity index (χ3v) is 6.93. The van der Waals surface area contributed by atoms with Crippen molar-refractivity contribution in [1.29, 1.82) is 0 Å². The molecule has 2 aromatic rings. The first kappa shape index (κ1) is 29.7. The zero-order valence-corrected chi connectivity index (χ0v) is 20.9. The van der Waals surface area contributed by atoms with Crippen LogP contribution in [0.4, 0.5) is 30.7 Å². The quantitative estimate of drug-likeness (QED) is 0.396. The van der Waals surface area contributed by atoms with Crippen LogP contribution in [0.2, 0.25) is 0 Å². The smallest absolute Gasteiger partial charge is 0.392 e. The minimum atomic E-state index is -4.87. The minimum Gasteiger partial charge on any atom is -0.392 e. The molecule has 4 rings (SSSR count). The number of aliphatic hydroxyl groups is 1. The lowest BCUT2D eigenvalue weighted by atomic mass is 9.78. The molecule has 2 aromatic carbocycles. The number of benzene rings is 2. The lowest BCUT2D eigenvalue weighted by Crippen LogP contribution is -2.28. The largest absolute Gasteiger partial charge is 0.416 e. The first-order valence-electron chi connectivity index (χ1n) is 12.4. The maximum absolute atomic E-state index is 13.1.